The van der Waals surface area contributed by atoms with Gasteiger partial charge in [-0.25, -0.2) is 0 Å². The summed E-state index contributed by atoms with van der Waals surface area (Å²) in [7, 11) is 0. The second-order valence-electron chi connectivity index (χ2n) is 4.60. The topological polar surface area (TPSA) is 24.8 Å². The molecule has 1 aromatic carbocycles. The summed E-state index contributed by atoms with van der Waals surface area (Å²) >= 11 is 1.64. The molecule has 0 aliphatic carbocycles. The van der Waals surface area contributed by atoms with Crippen molar-refractivity contribution in [2.75, 3.05) is 39.0 Å². The van der Waals surface area contributed by atoms with Crippen molar-refractivity contribution >= 4 is 17.7 Å². The Morgan fingerprint density at radius 3 is 2.61 bits per heavy atom. The van der Waals surface area contributed by atoms with Crippen LogP contribution in [-0.4, -0.2) is 49.8 Å². The first-order chi connectivity index (χ1) is 8.76. The molecule has 98 valence electrons. The number of benzene rings is 1. The minimum absolute atomic E-state index is 0.190. The summed E-state index contributed by atoms with van der Waals surface area (Å²) in [5.74, 6) is 0.190. The zero-order chi connectivity index (χ0) is 13.0. The van der Waals surface area contributed by atoms with Crippen LogP contribution in [0.15, 0.2) is 29.2 Å². The first-order valence-electron chi connectivity index (χ1n) is 6.52. The lowest BCUT2D eigenvalue weighted by molar-refractivity contribution is -0.902. The molecule has 1 fully saturated rings. The number of likely N-dealkylation sites (N-methyl/N-ethyl adjacent to an activating group) is 1. The van der Waals surface area contributed by atoms with Gasteiger partial charge in [0.15, 0.2) is 0 Å². The van der Waals surface area contributed by atoms with E-state index in [9.17, 15) is 4.79 Å². The van der Waals surface area contributed by atoms with Crippen molar-refractivity contribution in [3.05, 3.63) is 29.8 Å². The van der Waals surface area contributed by atoms with Crippen LogP contribution >= 0.6 is 11.8 Å². The fourth-order valence-electron chi connectivity index (χ4n) is 2.37. The van der Waals surface area contributed by atoms with E-state index in [1.54, 1.807) is 16.7 Å². The maximum absolute atomic E-state index is 12.5. The predicted octanol–water partition coefficient (Wildman–Crippen LogP) is 0.769. The van der Waals surface area contributed by atoms with Crippen LogP contribution in [0, 0.1) is 0 Å². The third kappa shape index (κ3) is 2.87. The molecular weight excluding hydrogens is 244 g/mol. The summed E-state index contributed by atoms with van der Waals surface area (Å²) in [5, 5.41) is 0. The highest BCUT2D eigenvalue weighted by atomic mass is 32.2. The van der Waals surface area contributed by atoms with E-state index in [0.717, 1.165) is 43.2 Å². The summed E-state index contributed by atoms with van der Waals surface area (Å²) < 4.78 is 0. The second-order valence-corrected chi connectivity index (χ2v) is 5.44. The van der Waals surface area contributed by atoms with Gasteiger partial charge in [-0.2, -0.15) is 0 Å². The van der Waals surface area contributed by atoms with Gasteiger partial charge < -0.3 is 9.80 Å². The van der Waals surface area contributed by atoms with Crippen molar-refractivity contribution in [1.82, 2.24) is 4.90 Å². The first-order valence-corrected chi connectivity index (χ1v) is 7.74. The Balaban J connectivity index is 2.08. The van der Waals surface area contributed by atoms with Crippen LogP contribution in [0.4, 0.5) is 0 Å². The molecule has 0 radical (unpaired) electrons. The van der Waals surface area contributed by atoms with Crippen molar-refractivity contribution in [1.29, 1.82) is 0 Å². The number of amides is 1. The molecule has 0 atom stereocenters. The summed E-state index contributed by atoms with van der Waals surface area (Å²) in [4.78, 5) is 17.1. The lowest BCUT2D eigenvalue weighted by Crippen LogP contribution is -3.14. The molecule has 4 heteroatoms. The summed E-state index contributed by atoms with van der Waals surface area (Å²) in [6.45, 7) is 7.27. The molecule has 1 N–H and O–H groups in total. The summed E-state index contributed by atoms with van der Waals surface area (Å²) in [6.07, 6.45) is 2.02. The molecule has 18 heavy (non-hydrogen) atoms. The monoisotopic (exact) mass is 265 g/mol. The molecule has 1 amide bonds. The van der Waals surface area contributed by atoms with Crippen molar-refractivity contribution in [3.8, 4) is 0 Å². The van der Waals surface area contributed by atoms with E-state index in [4.69, 9.17) is 0 Å². The third-order valence-corrected chi connectivity index (χ3v) is 4.39. The number of hydrogen-bond donors (Lipinski definition) is 1. The molecule has 0 unspecified atom stereocenters. The Bertz CT molecular complexity index is 414. The van der Waals surface area contributed by atoms with Crippen LogP contribution in [-0.2, 0) is 0 Å². The Kier molecular flexibility index (Phi) is 4.66. The maximum atomic E-state index is 12.5. The van der Waals surface area contributed by atoms with Crippen LogP contribution in [0.2, 0.25) is 0 Å². The lowest BCUT2D eigenvalue weighted by atomic mass is 10.2. The first kappa shape index (κ1) is 13.4. The number of quaternary nitrogens is 1. The van der Waals surface area contributed by atoms with E-state index in [0.29, 0.717) is 0 Å². The SMILES string of the molecule is CC[NH+]1CCN(C(=O)c2ccccc2SC)CC1. The predicted molar refractivity (Wildman–Crippen MR) is 75.4 cm³/mol. The lowest BCUT2D eigenvalue weighted by Gasteiger charge is -2.32. The molecule has 2 rings (SSSR count). The molecule has 1 heterocycles. The normalized spacial score (nSPS) is 16.9. The van der Waals surface area contributed by atoms with Crippen molar-refractivity contribution in [3.63, 3.8) is 0 Å². The standard InChI is InChI=1S/C14H20N2OS/c1-3-15-8-10-16(11-9-15)14(17)12-6-4-5-7-13(12)18-2/h4-7H,3,8-11H2,1-2H3/p+1. The minimum Gasteiger partial charge on any atom is -0.332 e. The van der Waals surface area contributed by atoms with Crippen LogP contribution in [0.1, 0.15) is 17.3 Å². The Hall–Kier alpha value is -1.00. The number of nitrogens with one attached hydrogen (secondary N) is 1. The Labute approximate surface area is 113 Å². The highest BCUT2D eigenvalue weighted by molar-refractivity contribution is 7.98. The van der Waals surface area contributed by atoms with E-state index < -0.39 is 0 Å². The fraction of sp³-hybridized carbons (Fsp3) is 0.500. The Morgan fingerprint density at radius 2 is 2.00 bits per heavy atom. The quantitative estimate of drug-likeness (QED) is 0.817. The number of carbonyl (C=O) groups excluding carboxylic acids is 1. The van der Waals surface area contributed by atoms with E-state index in [-0.39, 0.29) is 5.91 Å². The molecule has 1 aliphatic heterocycles. The van der Waals surface area contributed by atoms with E-state index in [1.165, 1.54) is 0 Å². The molecular formula is C14H21N2OS+. The molecule has 0 aromatic heterocycles. The van der Waals surface area contributed by atoms with Gasteiger partial charge in [-0.1, -0.05) is 12.1 Å². The maximum Gasteiger partial charge on any atom is 0.255 e. The number of rotatable bonds is 3. The van der Waals surface area contributed by atoms with Crippen molar-refractivity contribution in [2.45, 2.75) is 11.8 Å². The number of carbonyl (C=O) groups is 1. The van der Waals surface area contributed by atoms with E-state index >= 15 is 0 Å². The molecule has 1 aliphatic rings. The second kappa shape index (κ2) is 6.25. The molecule has 0 bridgehead atoms. The smallest absolute Gasteiger partial charge is 0.255 e. The fourth-order valence-corrected chi connectivity index (χ4v) is 2.96. The van der Waals surface area contributed by atoms with Gasteiger partial charge in [0.2, 0.25) is 0 Å². The molecule has 0 spiro atoms. The zero-order valence-electron chi connectivity index (χ0n) is 11.1. The van der Waals surface area contributed by atoms with Gasteiger partial charge in [0.05, 0.1) is 38.3 Å². The minimum atomic E-state index is 0.190. The van der Waals surface area contributed by atoms with Crippen LogP contribution < -0.4 is 4.90 Å². The van der Waals surface area contributed by atoms with Gasteiger partial charge in [-0.3, -0.25) is 4.79 Å². The largest absolute Gasteiger partial charge is 0.332 e. The highest BCUT2D eigenvalue weighted by Crippen LogP contribution is 2.21. The van der Waals surface area contributed by atoms with Gasteiger partial charge in [-0.15, -0.1) is 11.8 Å². The highest BCUT2D eigenvalue weighted by Gasteiger charge is 2.24. The number of thioether (sulfide) groups is 1. The molecule has 3 nitrogen and oxygen atoms in total. The van der Waals surface area contributed by atoms with Gasteiger partial charge in [0, 0.05) is 4.90 Å². The summed E-state index contributed by atoms with van der Waals surface area (Å²) in [6, 6.07) is 7.89. The summed E-state index contributed by atoms with van der Waals surface area (Å²) in [5.41, 5.74) is 0.852. The molecule has 1 aromatic rings. The van der Waals surface area contributed by atoms with Crippen LogP contribution in [0.25, 0.3) is 0 Å². The van der Waals surface area contributed by atoms with Gasteiger partial charge in [0.1, 0.15) is 0 Å². The number of hydrogen-bond acceptors (Lipinski definition) is 2. The average Bonchev–Trinajstić information content (AvgIpc) is 2.46. The van der Waals surface area contributed by atoms with Crippen LogP contribution in [0.5, 0.6) is 0 Å². The van der Waals surface area contributed by atoms with Gasteiger partial charge >= 0.3 is 0 Å². The molecule has 1 saturated heterocycles. The van der Waals surface area contributed by atoms with Crippen LogP contribution in [0.3, 0.4) is 0 Å². The zero-order valence-corrected chi connectivity index (χ0v) is 11.9. The Morgan fingerprint density at radius 1 is 1.33 bits per heavy atom. The van der Waals surface area contributed by atoms with E-state index in [1.807, 2.05) is 35.4 Å². The van der Waals surface area contributed by atoms with Crippen molar-refractivity contribution < 1.29 is 9.69 Å². The van der Waals surface area contributed by atoms with Gasteiger partial charge in [-0.05, 0) is 25.3 Å². The molecule has 0 saturated carbocycles. The number of nitrogens with zero attached hydrogens (tertiary/aromatic N) is 1. The van der Waals surface area contributed by atoms with Gasteiger partial charge in [0.25, 0.3) is 5.91 Å². The van der Waals surface area contributed by atoms with E-state index in [2.05, 4.69) is 6.92 Å². The third-order valence-electron chi connectivity index (χ3n) is 3.60. The number of piperazine rings is 1. The average molecular weight is 265 g/mol. The van der Waals surface area contributed by atoms with Crippen molar-refractivity contribution in [2.24, 2.45) is 0 Å².